The molecule has 9 heavy (non-hydrogen) atoms. The van der Waals surface area contributed by atoms with Crippen LogP contribution in [-0.4, -0.2) is 16.0 Å². The Bertz CT molecular complexity index is 164. The molecule has 0 saturated heterocycles. The van der Waals surface area contributed by atoms with E-state index in [1.807, 2.05) is 6.07 Å². The molecule has 0 radical (unpaired) electrons. The minimum Gasteiger partial charge on any atom is -0.179 e. The maximum atomic E-state index is 4.08. The fraction of sp³-hybridized carbons (Fsp3) is 0.333. The van der Waals surface area contributed by atoms with E-state index < -0.39 is 0 Å². The molecule has 48 valence electrons. The zero-order chi connectivity index (χ0) is 6.53. The fourth-order valence-electron chi connectivity index (χ4n) is 0.595. The summed E-state index contributed by atoms with van der Waals surface area (Å²) < 4.78 is 0. The maximum absolute atomic E-state index is 4.08. The van der Waals surface area contributed by atoms with Crippen LogP contribution in [0.25, 0.3) is 0 Å². The highest BCUT2D eigenvalue weighted by atomic mass is 32.1. The number of hydrogen-bond acceptors (Lipinski definition) is 3. The summed E-state index contributed by atoms with van der Waals surface area (Å²) in [4.78, 5) is 0. The van der Waals surface area contributed by atoms with Gasteiger partial charge in [-0.25, -0.2) is 0 Å². The van der Waals surface area contributed by atoms with Gasteiger partial charge in [0.05, 0.1) is 6.20 Å². The molecule has 0 unspecified atom stereocenters. The Hall–Kier alpha value is -0.570. The van der Waals surface area contributed by atoms with Gasteiger partial charge in [0.25, 0.3) is 0 Å². The van der Waals surface area contributed by atoms with Crippen LogP contribution in [0.4, 0.5) is 0 Å². The normalized spacial score (nSPS) is 9.44. The molecule has 0 aliphatic heterocycles. The van der Waals surface area contributed by atoms with Crippen LogP contribution in [0.5, 0.6) is 0 Å². The molecule has 0 atom stereocenters. The second-order valence-electron chi connectivity index (χ2n) is 1.72. The molecule has 3 heteroatoms. The lowest BCUT2D eigenvalue weighted by Gasteiger charge is -1.91. The molecule has 0 aliphatic rings. The number of nitrogens with zero attached hydrogens (tertiary/aromatic N) is 2. The lowest BCUT2D eigenvalue weighted by Crippen LogP contribution is -1.87. The molecule has 0 amide bonds. The van der Waals surface area contributed by atoms with E-state index in [0.717, 1.165) is 12.2 Å². The monoisotopic (exact) mass is 140 g/mol. The van der Waals surface area contributed by atoms with E-state index in [0.29, 0.717) is 0 Å². The van der Waals surface area contributed by atoms with Gasteiger partial charge in [0.2, 0.25) is 0 Å². The Morgan fingerprint density at radius 3 is 2.89 bits per heavy atom. The molecule has 1 heterocycles. The van der Waals surface area contributed by atoms with E-state index in [4.69, 9.17) is 0 Å². The molecule has 0 spiro atoms. The molecule has 1 rings (SSSR count). The van der Waals surface area contributed by atoms with Crippen molar-refractivity contribution < 1.29 is 0 Å². The average Bonchev–Trinajstić information content (AvgIpc) is 1.91. The number of rotatable bonds is 2. The van der Waals surface area contributed by atoms with Crippen molar-refractivity contribution >= 4 is 12.6 Å². The predicted octanol–water partition coefficient (Wildman–Crippen LogP) is 0.949. The summed E-state index contributed by atoms with van der Waals surface area (Å²) in [5.74, 6) is 0.867. The molecule has 1 aromatic rings. The van der Waals surface area contributed by atoms with E-state index in [2.05, 4.69) is 22.8 Å². The van der Waals surface area contributed by atoms with Crippen molar-refractivity contribution in [2.75, 3.05) is 5.75 Å². The molecular formula is C6H8N2S. The third-order valence-corrected chi connectivity index (χ3v) is 1.27. The van der Waals surface area contributed by atoms with Gasteiger partial charge in [-0.3, -0.25) is 0 Å². The summed E-state index contributed by atoms with van der Waals surface area (Å²) in [5, 5.41) is 7.37. The molecule has 0 saturated carbocycles. The SMILES string of the molecule is SCCc1ccnnc1. The number of aryl methyl sites for hydroxylation is 1. The number of thiol groups is 1. The maximum Gasteiger partial charge on any atom is 0.0528 e. The lowest BCUT2D eigenvalue weighted by molar-refractivity contribution is 0.987. The third-order valence-electron chi connectivity index (χ3n) is 1.05. The predicted molar refractivity (Wildman–Crippen MR) is 39.6 cm³/mol. The van der Waals surface area contributed by atoms with Crippen molar-refractivity contribution in [3.8, 4) is 0 Å². The van der Waals surface area contributed by atoms with Crippen molar-refractivity contribution in [3.63, 3.8) is 0 Å². The van der Waals surface area contributed by atoms with Crippen molar-refractivity contribution in [2.24, 2.45) is 0 Å². The molecule has 0 bridgehead atoms. The van der Waals surface area contributed by atoms with Crippen molar-refractivity contribution in [1.29, 1.82) is 0 Å². The van der Waals surface area contributed by atoms with Crippen LogP contribution in [0.1, 0.15) is 5.56 Å². The summed E-state index contributed by atoms with van der Waals surface area (Å²) in [6, 6.07) is 1.95. The Morgan fingerprint density at radius 1 is 1.44 bits per heavy atom. The Balaban J connectivity index is 2.61. The quantitative estimate of drug-likeness (QED) is 0.619. The van der Waals surface area contributed by atoms with Gasteiger partial charge in [-0.1, -0.05) is 0 Å². The minimum atomic E-state index is 0.867. The highest BCUT2D eigenvalue weighted by Gasteiger charge is 1.86. The van der Waals surface area contributed by atoms with E-state index in [-0.39, 0.29) is 0 Å². The first-order valence-corrected chi connectivity index (χ1v) is 3.43. The van der Waals surface area contributed by atoms with Crippen LogP contribution in [0.2, 0.25) is 0 Å². The van der Waals surface area contributed by atoms with E-state index in [1.54, 1.807) is 12.4 Å². The molecule has 0 fully saturated rings. The largest absolute Gasteiger partial charge is 0.179 e. The third kappa shape index (κ3) is 2.01. The van der Waals surface area contributed by atoms with Gasteiger partial charge in [-0.05, 0) is 23.8 Å². The molecule has 2 nitrogen and oxygen atoms in total. The molecule has 1 aromatic heterocycles. The molecule has 0 aliphatic carbocycles. The van der Waals surface area contributed by atoms with E-state index >= 15 is 0 Å². The lowest BCUT2D eigenvalue weighted by atomic mass is 10.2. The smallest absolute Gasteiger partial charge is 0.0528 e. The molecule has 0 N–H and O–H groups in total. The number of aromatic nitrogens is 2. The van der Waals surface area contributed by atoms with E-state index in [9.17, 15) is 0 Å². The summed E-state index contributed by atoms with van der Waals surface area (Å²) in [7, 11) is 0. The second kappa shape index (κ2) is 3.45. The van der Waals surface area contributed by atoms with Crippen LogP contribution < -0.4 is 0 Å². The highest BCUT2D eigenvalue weighted by molar-refractivity contribution is 7.80. The van der Waals surface area contributed by atoms with E-state index in [1.165, 1.54) is 5.56 Å². The van der Waals surface area contributed by atoms with Gasteiger partial charge >= 0.3 is 0 Å². The van der Waals surface area contributed by atoms with Crippen molar-refractivity contribution in [1.82, 2.24) is 10.2 Å². The average molecular weight is 140 g/mol. The zero-order valence-electron chi connectivity index (χ0n) is 4.99. The van der Waals surface area contributed by atoms with Crippen molar-refractivity contribution in [3.05, 3.63) is 24.0 Å². The van der Waals surface area contributed by atoms with Crippen LogP contribution in [0.3, 0.4) is 0 Å². The number of hydrogen-bond donors (Lipinski definition) is 1. The zero-order valence-corrected chi connectivity index (χ0v) is 5.88. The van der Waals surface area contributed by atoms with Gasteiger partial charge in [0.15, 0.2) is 0 Å². The Labute approximate surface area is 59.7 Å². The van der Waals surface area contributed by atoms with Crippen LogP contribution in [0.15, 0.2) is 18.5 Å². The Morgan fingerprint density at radius 2 is 2.33 bits per heavy atom. The summed E-state index contributed by atoms with van der Waals surface area (Å²) in [6.07, 6.45) is 4.42. The summed E-state index contributed by atoms with van der Waals surface area (Å²) in [5.41, 5.74) is 1.19. The molecule has 0 aromatic carbocycles. The van der Waals surface area contributed by atoms with Crippen LogP contribution >= 0.6 is 12.6 Å². The van der Waals surface area contributed by atoms with Crippen LogP contribution in [0, 0.1) is 0 Å². The molecular weight excluding hydrogens is 132 g/mol. The van der Waals surface area contributed by atoms with Gasteiger partial charge < -0.3 is 0 Å². The van der Waals surface area contributed by atoms with Crippen molar-refractivity contribution in [2.45, 2.75) is 6.42 Å². The van der Waals surface area contributed by atoms with Gasteiger partial charge in [0.1, 0.15) is 0 Å². The minimum absolute atomic E-state index is 0.867. The van der Waals surface area contributed by atoms with Gasteiger partial charge in [-0.15, -0.1) is 0 Å². The fourth-order valence-corrected chi connectivity index (χ4v) is 0.853. The summed E-state index contributed by atoms with van der Waals surface area (Å²) >= 11 is 4.08. The second-order valence-corrected chi connectivity index (χ2v) is 2.17. The first-order valence-electron chi connectivity index (χ1n) is 2.80. The first-order chi connectivity index (χ1) is 4.43. The highest BCUT2D eigenvalue weighted by Crippen LogP contribution is 1.95. The van der Waals surface area contributed by atoms with Gasteiger partial charge in [-0.2, -0.15) is 22.8 Å². The van der Waals surface area contributed by atoms with Gasteiger partial charge in [0, 0.05) is 6.20 Å². The summed E-state index contributed by atoms with van der Waals surface area (Å²) in [6.45, 7) is 0. The first kappa shape index (κ1) is 6.55. The topological polar surface area (TPSA) is 25.8 Å². The Kier molecular flexibility index (Phi) is 2.51. The standard InChI is InChI=1S/C6H8N2S/c9-4-2-6-1-3-7-8-5-6/h1,3,5,9H,2,4H2. The van der Waals surface area contributed by atoms with Crippen LogP contribution in [-0.2, 0) is 6.42 Å².